The minimum absolute atomic E-state index is 0.0867. The summed E-state index contributed by atoms with van der Waals surface area (Å²) in [7, 11) is 0. The zero-order valence-electron chi connectivity index (χ0n) is 20.1. The zero-order chi connectivity index (χ0) is 27.0. The third kappa shape index (κ3) is 4.99. The highest BCUT2D eigenvalue weighted by atomic mass is 35.5. The highest BCUT2D eigenvalue weighted by Gasteiger charge is 2.48. The number of fused-ring (bicyclic) bond motifs is 1. The third-order valence-corrected chi connectivity index (χ3v) is 8.11. The van der Waals surface area contributed by atoms with Gasteiger partial charge in [0.1, 0.15) is 11.5 Å². The van der Waals surface area contributed by atoms with E-state index in [-0.39, 0.29) is 21.5 Å². The topological polar surface area (TPSA) is 79.7 Å². The van der Waals surface area contributed by atoms with Gasteiger partial charge in [-0.25, -0.2) is 4.98 Å². The number of aromatic nitrogens is 1. The number of rotatable bonds is 7. The number of nitrogens with zero attached hydrogens (tertiary/aromatic N) is 2. The summed E-state index contributed by atoms with van der Waals surface area (Å²) in [6, 6.07) is 15.8. The number of hydrogen-bond acceptors (Lipinski definition) is 6. The molecule has 0 bridgehead atoms. The van der Waals surface area contributed by atoms with E-state index >= 15 is 0 Å². The molecule has 3 aromatic carbocycles. The number of carbonyl (C=O) groups excluding carboxylic acids is 2. The SMILES string of the molecule is CCCCOc1cccc(/C(O)=C2\C(=O)C(=O)N(c3nc4ccc(Cl)cc4s3)C2c2ccc(Cl)c(Cl)c2)c1. The number of benzene rings is 3. The maximum Gasteiger partial charge on any atom is 0.301 e. The third-order valence-electron chi connectivity index (χ3n) is 6.12. The van der Waals surface area contributed by atoms with Crippen molar-refractivity contribution in [3.63, 3.8) is 0 Å². The van der Waals surface area contributed by atoms with Crippen LogP contribution < -0.4 is 9.64 Å². The lowest BCUT2D eigenvalue weighted by atomic mass is 9.95. The Morgan fingerprint density at radius 2 is 1.87 bits per heavy atom. The lowest BCUT2D eigenvalue weighted by Crippen LogP contribution is -2.29. The molecule has 38 heavy (non-hydrogen) atoms. The number of unbranched alkanes of at least 4 members (excludes halogenated alkanes) is 1. The normalized spacial score (nSPS) is 16.9. The Morgan fingerprint density at radius 1 is 1.05 bits per heavy atom. The van der Waals surface area contributed by atoms with Gasteiger partial charge in [0.25, 0.3) is 5.78 Å². The van der Waals surface area contributed by atoms with Crippen LogP contribution in [0.4, 0.5) is 5.13 Å². The van der Waals surface area contributed by atoms with Gasteiger partial charge in [0, 0.05) is 10.6 Å². The van der Waals surface area contributed by atoms with Gasteiger partial charge in [-0.05, 0) is 54.4 Å². The van der Waals surface area contributed by atoms with Crippen molar-refractivity contribution in [1.29, 1.82) is 0 Å². The number of thiazole rings is 1. The van der Waals surface area contributed by atoms with Crippen molar-refractivity contribution in [3.05, 3.63) is 92.4 Å². The lowest BCUT2D eigenvalue weighted by molar-refractivity contribution is -0.132. The quantitative estimate of drug-likeness (QED) is 0.102. The average Bonchev–Trinajstić information content (AvgIpc) is 3.43. The minimum atomic E-state index is -0.995. The van der Waals surface area contributed by atoms with Crippen LogP contribution in [0.25, 0.3) is 16.0 Å². The Bertz CT molecular complexity index is 1600. The molecule has 0 radical (unpaired) electrons. The Balaban J connectivity index is 1.67. The van der Waals surface area contributed by atoms with Crippen LogP contribution in [-0.2, 0) is 9.59 Å². The van der Waals surface area contributed by atoms with Crippen LogP contribution >= 0.6 is 46.1 Å². The molecule has 1 aliphatic heterocycles. The van der Waals surface area contributed by atoms with Crippen LogP contribution in [0.2, 0.25) is 15.1 Å². The van der Waals surface area contributed by atoms with Gasteiger partial charge in [0.2, 0.25) is 0 Å². The molecule has 1 N–H and O–H groups in total. The van der Waals surface area contributed by atoms with Gasteiger partial charge in [-0.15, -0.1) is 0 Å². The summed E-state index contributed by atoms with van der Waals surface area (Å²) < 4.78 is 6.52. The number of carbonyl (C=O) groups is 2. The number of amides is 1. The smallest absolute Gasteiger partial charge is 0.301 e. The summed E-state index contributed by atoms with van der Waals surface area (Å²) in [5.74, 6) is -1.44. The van der Waals surface area contributed by atoms with Gasteiger partial charge < -0.3 is 9.84 Å². The van der Waals surface area contributed by atoms with Gasteiger partial charge in [-0.3, -0.25) is 14.5 Å². The van der Waals surface area contributed by atoms with Crippen LogP contribution in [0, 0.1) is 0 Å². The second-order valence-corrected chi connectivity index (χ2v) is 10.9. The predicted molar refractivity (Wildman–Crippen MR) is 153 cm³/mol. The number of aliphatic hydroxyl groups is 1. The first-order valence-electron chi connectivity index (χ1n) is 11.8. The standard InChI is InChI=1S/C28H21Cl3N2O4S/c1-2-3-11-37-18-6-4-5-16(12-18)25(34)23-24(15-7-9-19(30)20(31)13-15)33(27(36)26(23)35)28-32-21-10-8-17(29)14-22(21)38-28/h4-10,12-14,24,34H,2-3,11H2,1H3/b25-23+. The minimum Gasteiger partial charge on any atom is -0.507 e. The highest BCUT2D eigenvalue weighted by molar-refractivity contribution is 7.22. The molecule has 1 fully saturated rings. The predicted octanol–water partition coefficient (Wildman–Crippen LogP) is 8.06. The Labute approximate surface area is 238 Å². The summed E-state index contributed by atoms with van der Waals surface area (Å²) >= 11 is 19.8. The number of halogens is 3. The number of ether oxygens (including phenoxy) is 1. The van der Waals surface area contributed by atoms with Crippen molar-refractivity contribution >= 4 is 78.9 Å². The average molecular weight is 588 g/mol. The van der Waals surface area contributed by atoms with E-state index in [4.69, 9.17) is 39.5 Å². The van der Waals surface area contributed by atoms with Crippen molar-refractivity contribution in [3.8, 4) is 5.75 Å². The van der Waals surface area contributed by atoms with Crippen LogP contribution in [0.5, 0.6) is 5.75 Å². The molecule has 1 aromatic heterocycles. The van der Waals surface area contributed by atoms with E-state index in [9.17, 15) is 14.7 Å². The van der Waals surface area contributed by atoms with Crippen molar-refractivity contribution in [2.24, 2.45) is 0 Å². The molecule has 1 saturated heterocycles. The molecular formula is C28H21Cl3N2O4S. The van der Waals surface area contributed by atoms with E-state index in [1.165, 1.54) is 16.2 Å². The van der Waals surface area contributed by atoms with Crippen molar-refractivity contribution < 1.29 is 19.4 Å². The van der Waals surface area contributed by atoms with Gasteiger partial charge in [-0.2, -0.15) is 0 Å². The van der Waals surface area contributed by atoms with E-state index in [2.05, 4.69) is 11.9 Å². The largest absolute Gasteiger partial charge is 0.507 e. The molecule has 0 saturated carbocycles. The molecule has 1 aliphatic rings. The van der Waals surface area contributed by atoms with Crippen LogP contribution in [0.1, 0.15) is 36.9 Å². The van der Waals surface area contributed by atoms with Crippen molar-refractivity contribution in [2.45, 2.75) is 25.8 Å². The highest BCUT2D eigenvalue weighted by Crippen LogP contribution is 2.45. The number of anilines is 1. The molecule has 0 aliphatic carbocycles. The molecule has 5 rings (SSSR count). The summed E-state index contributed by atoms with van der Waals surface area (Å²) in [4.78, 5) is 32.8. The molecule has 6 nitrogen and oxygen atoms in total. The second kappa shape index (κ2) is 10.9. The van der Waals surface area contributed by atoms with Gasteiger partial charge >= 0.3 is 5.91 Å². The second-order valence-electron chi connectivity index (χ2n) is 8.68. The van der Waals surface area contributed by atoms with Gasteiger partial charge in [0.15, 0.2) is 5.13 Å². The molecular weight excluding hydrogens is 567 g/mol. The molecule has 1 atom stereocenters. The fourth-order valence-corrected chi connectivity index (χ4v) is 5.81. The summed E-state index contributed by atoms with van der Waals surface area (Å²) in [6.07, 6.45) is 1.86. The summed E-state index contributed by atoms with van der Waals surface area (Å²) in [5.41, 5.74) is 1.38. The molecule has 1 amide bonds. The maximum absolute atomic E-state index is 13.5. The first-order valence-corrected chi connectivity index (χ1v) is 13.8. The lowest BCUT2D eigenvalue weighted by Gasteiger charge is -2.23. The monoisotopic (exact) mass is 586 g/mol. The van der Waals surface area contributed by atoms with Crippen molar-refractivity contribution in [1.82, 2.24) is 4.98 Å². The summed E-state index contributed by atoms with van der Waals surface area (Å²) in [5, 5.41) is 12.8. The number of ketones is 1. The van der Waals surface area contributed by atoms with E-state index in [0.717, 1.165) is 17.5 Å². The number of Topliss-reactive ketones (excluding diaryl/α,β-unsaturated/α-hetero) is 1. The molecule has 4 aromatic rings. The van der Waals surface area contributed by atoms with Gasteiger partial charge in [-0.1, -0.05) is 77.7 Å². The van der Waals surface area contributed by atoms with Crippen LogP contribution in [-0.4, -0.2) is 28.4 Å². The molecule has 0 spiro atoms. The van der Waals surface area contributed by atoms with Gasteiger partial charge in [0.05, 0.1) is 38.5 Å². The van der Waals surface area contributed by atoms with Crippen LogP contribution in [0.15, 0.2) is 66.2 Å². The number of hydrogen-bond donors (Lipinski definition) is 1. The van der Waals surface area contributed by atoms with E-state index in [1.54, 1.807) is 60.7 Å². The Morgan fingerprint density at radius 3 is 2.63 bits per heavy atom. The van der Waals surface area contributed by atoms with E-state index in [1.807, 2.05) is 0 Å². The molecule has 194 valence electrons. The fraction of sp³-hybridized carbons (Fsp3) is 0.179. The first kappa shape index (κ1) is 26.5. The Hall–Kier alpha value is -3.10. The van der Waals surface area contributed by atoms with E-state index in [0.29, 0.717) is 39.0 Å². The maximum atomic E-state index is 13.5. The van der Waals surface area contributed by atoms with E-state index < -0.39 is 17.7 Å². The fourth-order valence-electron chi connectivity index (χ4n) is 4.24. The molecule has 10 heteroatoms. The van der Waals surface area contributed by atoms with Crippen molar-refractivity contribution in [2.75, 3.05) is 11.5 Å². The molecule has 2 heterocycles. The molecule has 1 unspecified atom stereocenters. The number of aliphatic hydroxyl groups excluding tert-OH is 1. The summed E-state index contributed by atoms with van der Waals surface area (Å²) in [6.45, 7) is 2.59. The zero-order valence-corrected chi connectivity index (χ0v) is 23.2. The first-order chi connectivity index (χ1) is 18.3. The Kier molecular flexibility index (Phi) is 7.63. The van der Waals surface area contributed by atoms with Crippen LogP contribution in [0.3, 0.4) is 0 Å².